The van der Waals surface area contributed by atoms with E-state index < -0.39 is 0 Å². The Kier molecular flexibility index (Phi) is 4.24. The van der Waals surface area contributed by atoms with Crippen molar-refractivity contribution in [3.05, 3.63) is 60.2 Å². The average molecular weight is 351 g/mol. The lowest BCUT2D eigenvalue weighted by Gasteiger charge is -2.31. The van der Waals surface area contributed by atoms with Crippen molar-refractivity contribution in [2.75, 3.05) is 13.1 Å². The number of hydrogen-bond donors (Lipinski definition) is 1. The fourth-order valence-electron chi connectivity index (χ4n) is 3.57. The molecule has 3 aromatic rings. The number of rotatable bonds is 3. The molecule has 1 aliphatic heterocycles. The average Bonchev–Trinajstić information content (AvgIpc) is 3.31. The van der Waals surface area contributed by atoms with E-state index in [0.29, 0.717) is 24.4 Å². The van der Waals surface area contributed by atoms with Crippen LogP contribution in [0.25, 0.3) is 10.9 Å². The molecule has 6 nitrogen and oxygen atoms in total. The predicted octanol–water partition coefficient (Wildman–Crippen LogP) is 2.81. The van der Waals surface area contributed by atoms with Gasteiger partial charge in [0.25, 0.3) is 11.8 Å². The molecule has 6 heteroatoms. The summed E-state index contributed by atoms with van der Waals surface area (Å²) in [4.78, 5) is 26.8. The summed E-state index contributed by atoms with van der Waals surface area (Å²) in [7, 11) is 1.94. The number of nitrogens with one attached hydrogen (secondary N) is 1. The van der Waals surface area contributed by atoms with Gasteiger partial charge in [-0.15, -0.1) is 0 Å². The van der Waals surface area contributed by atoms with Crippen molar-refractivity contribution in [3.63, 3.8) is 0 Å². The third-order valence-corrected chi connectivity index (χ3v) is 4.99. The molecule has 1 saturated heterocycles. The monoisotopic (exact) mass is 351 g/mol. The second-order valence-electron chi connectivity index (χ2n) is 6.69. The zero-order chi connectivity index (χ0) is 18.1. The van der Waals surface area contributed by atoms with E-state index in [1.54, 1.807) is 17.0 Å². The van der Waals surface area contributed by atoms with Crippen LogP contribution in [0.3, 0.4) is 0 Å². The first kappa shape index (κ1) is 16.4. The highest BCUT2D eigenvalue weighted by Gasteiger charge is 2.26. The third-order valence-electron chi connectivity index (χ3n) is 4.99. The second kappa shape index (κ2) is 6.71. The van der Waals surface area contributed by atoms with E-state index in [1.807, 2.05) is 42.1 Å². The van der Waals surface area contributed by atoms with E-state index in [2.05, 4.69) is 5.32 Å². The molecule has 2 amide bonds. The Morgan fingerprint density at radius 3 is 2.62 bits per heavy atom. The third kappa shape index (κ3) is 2.98. The minimum atomic E-state index is -0.0890. The van der Waals surface area contributed by atoms with Crippen molar-refractivity contribution in [3.8, 4) is 0 Å². The first-order valence-electron chi connectivity index (χ1n) is 8.81. The van der Waals surface area contributed by atoms with Gasteiger partial charge in [0.05, 0.1) is 11.8 Å². The standard InChI is InChI=1S/C20H21N3O3/c1-22-13-16(15-5-2-3-6-17(15)22)19(24)21-14-8-10-23(11-9-14)20(25)18-7-4-12-26-18/h2-7,12-14H,8-11H2,1H3,(H,21,24). The number of likely N-dealkylation sites (tertiary alicyclic amines) is 1. The quantitative estimate of drug-likeness (QED) is 0.789. The van der Waals surface area contributed by atoms with Gasteiger partial charge in [0.1, 0.15) is 0 Å². The molecule has 0 unspecified atom stereocenters. The molecule has 26 heavy (non-hydrogen) atoms. The highest BCUT2D eigenvalue weighted by Crippen LogP contribution is 2.21. The van der Waals surface area contributed by atoms with Crippen molar-refractivity contribution in [2.45, 2.75) is 18.9 Å². The smallest absolute Gasteiger partial charge is 0.289 e. The van der Waals surface area contributed by atoms with Crippen molar-refractivity contribution in [1.29, 1.82) is 0 Å². The number of benzene rings is 1. The summed E-state index contributed by atoms with van der Waals surface area (Å²) in [6, 6.07) is 11.3. The number of aryl methyl sites for hydroxylation is 1. The molecule has 0 radical (unpaired) electrons. The molecule has 0 atom stereocenters. The van der Waals surface area contributed by atoms with Gasteiger partial charge in [-0.2, -0.15) is 0 Å². The topological polar surface area (TPSA) is 67.5 Å². The Balaban J connectivity index is 1.40. The molecule has 1 aliphatic rings. The molecule has 4 rings (SSSR count). The van der Waals surface area contributed by atoms with Gasteiger partial charge in [-0.05, 0) is 31.0 Å². The molecule has 0 bridgehead atoms. The number of hydrogen-bond acceptors (Lipinski definition) is 3. The van der Waals surface area contributed by atoms with Crippen LogP contribution in [0.2, 0.25) is 0 Å². The number of carbonyl (C=O) groups is 2. The summed E-state index contributed by atoms with van der Waals surface area (Å²) in [5.41, 5.74) is 1.73. The van der Waals surface area contributed by atoms with Gasteiger partial charge in [-0.1, -0.05) is 18.2 Å². The molecular formula is C20H21N3O3. The Labute approximate surface area is 151 Å². The van der Waals surface area contributed by atoms with Crippen LogP contribution < -0.4 is 5.32 Å². The Hall–Kier alpha value is -3.02. The van der Waals surface area contributed by atoms with Gasteiger partial charge in [0.2, 0.25) is 0 Å². The zero-order valence-electron chi connectivity index (χ0n) is 14.6. The molecule has 1 aromatic carbocycles. The van der Waals surface area contributed by atoms with E-state index in [0.717, 1.165) is 23.7 Å². The largest absolute Gasteiger partial charge is 0.459 e. The SMILES string of the molecule is Cn1cc(C(=O)NC2CCN(C(=O)c3ccco3)CC2)c2ccccc21. The van der Waals surface area contributed by atoms with Crippen molar-refractivity contribution < 1.29 is 14.0 Å². The molecule has 0 spiro atoms. The lowest BCUT2D eigenvalue weighted by molar-refractivity contribution is 0.0667. The maximum atomic E-state index is 12.7. The summed E-state index contributed by atoms with van der Waals surface area (Å²) in [6.07, 6.45) is 4.85. The number of para-hydroxylation sites is 1. The number of furan rings is 1. The molecule has 3 heterocycles. The first-order chi connectivity index (χ1) is 12.6. The molecule has 0 saturated carbocycles. The molecule has 2 aromatic heterocycles. The van der Waals surface area contributed by atoms with E-state index >= 15 is 0 Å². The minimum Gasteiger partial charge on any atom is -0.459 e. The highest BCUT2D eigenvalue weighted by atomic mass is 16.3. The van der Waals surface area contributed by atoms with Gasteiger partial charge in [-0.25, -0.2) is 0 Å². The molecule has 0 aliphatic carbocycles. The van der Waals surface area contributed by atoms with Gasteiger partial charge in [-0.3, -0.25) is 9.59 Å². The van der Waals surface area contributed by atoms with Crippen LogP contribution in [0.5, 0.6) is 0 Å². The minimum absolute atomic E-state index is 0.0578. The summed E-state index contributed by atoms with van der Waals surface area (Å²) in [5, 5.41) is 4.08. The normalized spacial score (nSPS) is 15.3. The van der Waals surface area contributed by atoms with Crippen LogP contribution >= 0.6 is 0 Å². The molecule has 1 fully saturated rings. The van der Waals surface area contributed by atoms with Gasteiger partial charge < -0.3 is 19.2 Å². The van der Waals surface area contributed by atoms with E-state index in [4.69, 9.17) is 4.42 Å². The molecular weight excluding hydrogens is 330 g/mol. The Bertz CT molecular complexity index is 935. The van der Waals surface area contributed by atoms with Crippen molar-refractivity contribution in [1.82, 2.24) is 14.8 Å². The maximum absolute atomic E-state index is 12.7. The summed E-state index contributed by atoms with van der Waals surface area (Å²) >= 11 is 0. The summed E-state index contributed by atoms with van der Waals surface area (Å²) < 4.78 is 7.14. The lowest BCUT2D eigenvalue weighted by Crippen LogP contribution is -2.46. The van der Waals surface area contributed by atoms with E-state index in [1.165, 1.54) is 6.26 Å². The second-order valence-corrected chi connectivity index (χ2v) is 6.69. The molecule has 1 N–H and O–H groups in total. The number of piperidine rings is 1. The number of amides is 2. The van der Waals surface area contributed by atoms with Gasteiger partial charge >= 0.3 is 0 Å². The number of aromatic nitrogens is 1. The van der Waals surface area contributed by atoms with Crippen LogP contribution in [0.4, 0.5) is 0 Å². The van der Waals surface area contributed by atoms with Crippen molar-refractivity contribution in [2.24, 2.45) is 7.05 Å². The molecule has 134 valence electrons. The highest BCUT2D eigenvalue weighted by molar-refractivity contribution is 6.07. The lowest BCUT2D eigenvalue weighted by atomic mass is 10.0. The Morgan fingerprint density at radius 1 is 1.12 bits per heavy atom. The van der Waals surface area contributed by atoms with Gasteiger partial charge in [0, 0.05) is 43.3 Å². The van der Waals surface area contributed by atoms with E-state index in [9.17, 15) is 9.59 Å². The van der Waals surface area contributed by atoms with Crippen LogP contribution in [-0.2, 0) is 7.05 Å². The van der Waals surface area contributed by atoms with Crippen molar-refractivity contribution >= 4 is 22.7 Å². The maximum Gasteiger partial charge on any atom is 0.289 e. The Morgan fingerprint density at radius 2 is 1.88 bits per heavy atom. The van der Waals surface area contributed by atoms with Crippen LogP contribution in [0, 0.1) is 0 Å². The number of nitrogens with zero attached hydrogens (tertiary/aromatic N) is 2. The van der Waals surface area contributed by atoms with Gasteiger partial charge in [0.15, 0.2) is 5.76 Å². The van der Waals surface area contributed by atoms with Crippen LogP contribution in [0.15, 0.2) is 53.3 Å². The number of fused-ring (bicyclic) bond motifs is 1. The summed E-state index contributed by atoms with van der Waals surface area (Å²) in [6.45, 7) is 1.22. The van der Waals surface area contributed by atoms with Crippen LogP contribution in [-0.4, -0.2) is 40.4 Å². The number of carbonyl (C=O) groups excluding carboxylic acids is 2. The predicted molar refractivity (Wildman–Crippen MR) is 98.0 cm³/mol. The fourth-order valence-corrected chi connectivity index (χ4v) is 3.57. The van der Waals surface area contributed by atoms with E-state index in [-0.39, 0.29) is 17.9 Å². The fraction of sp³-hybridized carbons (Fsp3) is 0.300. The summed E-state index contributed by atoms with van der Waals surface area (Å²) in [5.74, 6) is 0.217. The zero-order valence-corrected chi connectivity index (χ0v) is 14.6. The first-order valence-corrected chi connectivity index (χ1v) is 8.81. The van der Waals surface area contributed by atoms with Crippen LogP contribution in [0.1, 0.15) is 33.8 Å².